The summed E-state index contributed by atoms with van der Waals surface area (Å²) < 4.78 is 23.7. The first-order chi connectivity index (χ1) is 12.3. The fraction of sp³-hybridized carbons (Fsp3) is 0.222. The summed E-state index contributed by atoms with van der Waals surface area (Å²) in [7, 11) is 0. The normalized spacial score (nSPS) is 11.6. The Labute approximate surface area is 160 Å². The predicted molar refractivity (Wildman–Crippen MR) is 97.3 cm³/mol. The highest BCUT2D eigenvalue weighted by Gasteiger charge is 2.19. The van der Waals surface area contributed by atoms with Crippen LogP contribution in [0, 0.1) is 12.7 Å². The van der Waals surface area contributed by atoms with Crippen molar-refractivity contribution in [2.24, 2.45) is 0 Å². The molecule has 2 aromatic carbocycles. The minimum Gasteiger partial charge on any atom is -0.477 e. The quantitative estimate of drug-likeness (QED) is 0.731. The molecule has 0 radical (unpaired) electrons. The zero-order valence-electron chi connectivity index (χ0n) is 14.0. The molecule has 1 N–H and O–H groups in total. The molecule has 0 heterocycles. The van der Waals surface area contributed by atoms with Gasteiger partial charge in [0.15, 0.2) is 12.7 Å². The third-order valence-corrected chi connectivity index (χ3v) is 3.86. The van der Waals surface area contributed by atoms with Crippen molar-refractivity contribution in [3.63, 3.8) is 0 Å². The van der Waals surface area contributed by atoms with E-state index < -0.39 is 30.4 Å². The Balaban J connectivity index is 1.84. The Bertz CT molecular complexity index is 829. The second kappa shape index (κ2) is 8.87. The van der Waals surface area contributed by atoms with Gasteiger partial charge in [-0.2, -0.15) is 0 Å². The molecule has 0 saturated heterocycles. The first kappa shape index (κ1) is 20.0. The van der Waals surface area contributed by atoms with Gasteiger partial charge in [0.1, 0.15) is 11.6 Å². The molecule has 2 rings (SSSR count). The zero-order chi connectivity index (χ0) is 19.3. The third-order valence-electron chi connectivity index (χ3n) is 3.33. The number of aryl methyl sites for hydroxylation is 1. The highest BCUT2D eigenvalue weighted by Crippen LogP contribution is 2.28. The minimum absolute atomic E-state index is 0.247. The second-order valence-corrected chi connectivity index (χ2v) is 6.30. The number of carbonyl (C=O) groups is 2. The number of hydrogen-bond donors (Lipinski definition) is 1. The maximum atomic E-state index is 13.4. The summed E-state index contributed by atoms with van der Waals surface area (Å²) in [5.74, 6) is -1.53. The van der Waals surface area contributed by atoms with Crippen LogP contribution in [0.1, 0.15) is 12.5 Å². The van der Waals surface area contributed by atoms with Gasteiger partial charge in [0.2, 0.25) is 0 Å². The number of hydrogen-bond acceptors (Lipinski definition) is 4. The van der Waals surface area contributed by atoms with E-state index >= 15 is 0 Å². The number of anilines is 1. The van der Waals surface area contributed by atoms with E-state index in [2.05, 4.69) is 5.32 Å². The van der Waals surface area contributed by atoms with Gasteiger partial charge in [-0.25, -0.2) is 9.18 Å². The summed E-state index contributed by atoms with van der Waals surface area (Å²) in [5.41, 5.74) is 0.729. The number of amides is 1. The van der Waals surface area contributed by atoms with E-state index in [1.165, 1.54) is 31.2 Å². The average molecular weight is 400 g/mol. The van der Waals surface area contributed by atoms with Gasteiger partial charge in [-0.15, -0.1) is 0 Å². The summed E-state index contributed by atoms with van der Waals surface area (Å²) in [5, 5.41) is 3.12. The van der Waals surface area contributed by atoms with Crippen LogP contribution in [0.5, 0.6) is 5.75 Å². The van der Waals surface area contributed by atoms with Gasteiger partial charge in [0.25, 0.3) is 5.91 Å². The van der Waals surface area contributed by atoms with Crippen LogP contribution in [0.3, 0.4) is 0 Å². The lowest BCUT2D eigenvalue weighted by molar-refractivity contribution is -0.153. The van der Waals surface area contributed by atoms with E-state index in [1.54, 1.807) is 19.1 Å². The van der Waals surface area contributed by atoms with Gasteiger partial charge >= 0.3 is 5.97 Å². The molecule has 2 aromatic rings. The molecule has 0 saturated carbocycles. The molecule has 0 aliphatic heterocycles. The van der Waals surface area contributed by atoms with Crippen molar-refractivity contribution in [2.45, 2.75) is 20.0 Å². The molecule has 0 spiro atoms. The Hall–Kier alpha value is -2.31. The van der Waals surface area contributed by atoms with E-state index in [0.29, 0.717) is 10.6 Å². The van der Waals surface area contributed by atoms with E-state index in [1.807, 2.05) is 0 Å². The summed E-state index contributed by atoms with van der Waals surface area (Å²) in [6.45, 7) is 2.54. The van der Waals surface area contributed by atoms with Gasteiger partial charge in [-0.3, -0.25) is 4.79 Å². The lowest BCUT2D eigenvalue weighted by atomic mass is 10.2. The van der Waals surface area contributed by atoms with Gasteiger partial charge < -0.3 is 14.8 Å². The molecule has 0 unspecified atom stereocenters. The van der Waals surface area contributed by atoms with Crippen LogP contribution >= 0.6 is 23.2 Å². The molecule has 1 amide bonds. The lowest BCUT2D eigenvalue weighted by Gasteiger charge is -2.15. The van der Waals surface area contributed by atoms with Crippen LogP contribution in [0.15, 0.2) is 36.4 Å². The van der Waals surface area contributed by atoms with Crippen molar-refractivity contribution in [1.82, 2.24) is 0 Å². The molecule has 138 valence electrons. The van der Waals surface area contributed by atoms with Crippen LogP contribution in [-0.2, 0) is 14.3 Å². The maximum Gasteiger partial charge on any atom is 0.347 e. The summed E-state index contributed by atoms with van der Waals surface area (Å²) >= 11 is 11.7. The molecule has 0 aliphatic carbocycles. The molecular formula is C18H16Cl2FNO4. The monoisotopic (exact) mass is 399 g/mol. The number of ether oxygens (including phenoxy) is 2. The Morgan fingerprint density at radius 2 is 1.92 bits per heavy atom. The van der Waals surface area contributed by atoms with Crippen molar-refractivity contribution >= 4 is 40.8 Å². The molecular weight excluding hydrogens is 384 g/mol. The van der Waals surface area contributed by atoms with Crippen LogP contribution in [0.2, 0.25) is 10.0 Å². The fourth-order valence-electron chi connectivity index (χ4n) is 1.93. The first-order valence-electron chi connectivity index (χ1n) is 7.60. The van der Waals surface area contributed by atoms with Crippen LogP contribution < -0.4 is 10.1 Å². The van der Waals surface area contributed by atoms with E-state index in [9.17, 15) is 14.0 Å². The fourth-order valence-corrected chi connectivity index (χ4v) is 2.38. The van der Waals surface area contributed by atoms with E-state index in [-0.39, 0.29) is 16.5 Å². The highest BCUT2D eigenvalue weighted by molar-refractivity contribution is 6.35. The van der Waals surface area contributed by atoms with Crippen molar-refractivity contribution in [3.05, 3.63) is 57.8 Å². The van der Waals surface area contributed by atoms with Crippen molar-refractivity contribution in [1.29, 1.82) is 0 Å². The third kappa shape index (κ3) is 5.61. The van der Waals surface area contributed by atoms with Gasteiger partial charge in [-0.05, 0) is 49.7 Å². The standard InChI is InChI=1S/C18H16Cl2FNO4/c1-10-3-5-13(8-15(10)21)22-17(23)9-25-18(24)11(2)26-16-6-4-12(19)7-14(16)20/h3-8,11H,9H2,1-2H3,(H,22,23)/t11-/m0/s1. The topological polar surface area (TPSA) is 64.6 Å². The maximum absolute atomic E-state index is 13.4. The molecule has 0 aliphatic rings. The highest BCUT2D eigenvalue weighted by atomic mass is 35.5. The molecule has 1 atom stereocenters. The number of halogens is 3. The van der Waals surface area contributed by atoms with Gasteiger partial charge in [0, 0.05) is 10.7 Å². The van der Waals surface area contributed by atoms with Crippen LogP contribution in [0.25, 0.3) is 0 Å². The van der Waals surface area contributed by atoms with Gasteiger partial charge in [0.05, 0.1) is 5.02 Å². The Morgan fingerprint density at radius 3 is 2.58 bits per heavy atom. The minimum atomic E-state index is -0.988. The second-order valence-electron chi connectivity index (χ2n) is 5.45. The molecule has 0 bridgehead atoms. The van der Waals surface area contributed by atoms with Crippen molar-refractivity contribution < 1.29 is 23.5 Å². The number of nitrogens with one attached hydrogen (secondary N) is 1. The summed E-state index contributed by atoms with van der Waals surface area (Å²) in [6, 6.07) is 8.82. The van der Waals surface area contributed by atoms with Crippen molar-refractivity contribution in [2.75, 3.05) is 11.9 Å². The van der Waals surface area contributed by atoms with Crippen LogP contribution in [0.4, 0.5) is 10.1 Å². The van der Waals surface area contributed by atoms with Gasteiger partial charge in [-0.1, -0.05) is 29.3 Å². The van der Waals surface area contributed by atoms with E-state index in [4.69, 9.17) is 32.7 Å². The number of carbonyl (C=O) groups excluding carboxylic acids is 2. The largest absolute Gasteiger partial charge is 0.477 e. The number of esters is 1. The number of benzene rings is 2. The first-order valence-corrected chi connectivity index (χ1v) is 8.36. The van der Waals surface area contributed by atoms with Crippen molar-refractivity contribution in [3.8, 4) is 5.75 Å². The molecule has 8 heteroatoms. The summed E-state index contributed by atoms with van der Waals surface area (Å²) in [4.78, 5) is 23.7. The lowest BCUT2D eigenvalue weighted by Crippen LogP contribution is -2.29. The van der Waals surface area contributed by atoms with E-state index in [0.717, 1.165) is 0 Å². The smallest absolute Gasteiger partial charge is 0.347 e. The molecule has 0 fully saturated rings. The predicted octanol–water partition coefficient (Wildman–Crippen LogP) is 4.39. The van der Waals surface area contributed by atoms with Crippen LogP contribution in [-0.4, -0.2) is 24.6 Å². The SMILES string of the molecule is Cc1ccc(NC(=O)COC(=O)[C@H](C)Oc2ccc(Cl)cc2Cl)cc1F. The molecule has 0 aromatic heterocycles. The molecule has 5 nitrogen and oxygen atoms in total. The average Bonchev–Trinajstić information content (AvgIpc) is 2.58. The Morgan fingerprint density at radius 1 is 1.19 bits per heavy atom. The summed E-state index contributed by atoms with van der Waals surface area (Å²) in [6.07, 6.45) is -0.988. The zero-order valence-corrected chi connectivity index (χ0v) is 15.5. The molecule has 26 heavy (non-hydrogen) atoms. The number of rotatable bonds is 6. The Kier molecular flexibility index (Phi) is 6.83.